The Bertz CT molecular complexity index is 386. The highest BCUT2D eigenvalue weighted by molar-refractivity contribution is 5.52. The van der Waals surface area contributed by atoms with Crippen molar-refractivity contribution in [3.8, 4) is 5.75 Å². The standard InChI is InChI=1S/C15H22N2O2/c1-2-3-4-5-6-11-19-15-9-7-14(8-10-15)12-16-13-17-18/h6-11,13,18H,2-5,12H2,1H3,(H,16,17)/b11-6+. The molecule has 19 heavy (non-hydrogen) atoms. The van der Waals surface area contributed by atoms with Crippen LogP contribution in [0, 0.1) is 0 Å². The number of nitrogens with one attached hydrogen (secondary N) is 1. The van der Waals surface area contributed by atoms with E-state index in [4.69, 9.17) is 9.94 Å². The van der Waals surface area contributed by atoms with Gasteiger partial charge in [0.2, 0.25) is 0 Å². The zero-order chi connectivity index (χ0) is 13.8. The second-order valence-electron chi connectivity index (χ2n) is 4.23. The summed E-state index contributed by atoms with van der Waals surface area (Å²) < 4.78 is 5.50. The van der Waals surface area contributed by atoms with Crippen molar-refractivity contribution in [1.82, 2.24) is 5.48 Å². The molecule has 0 spiro atoms. The second kappa shape index (κ2) is 10.1. The second-order valence-corrected chi connectivity index (χ2v) is 4.23. The van der Waals surface area contributed by atoms with Gasteiger partial charge in [-0.1, -0.05) is 31.9 Å². The van der Waals surface area contributed by atoms with Crippen LogP contribution in [0.2, 0.25) is 0 Å². The fourth-order valence-electron chi connectivity index (χ4n) is 1.57. The Morgan fingerprint density at radius 1 is 1.26 bits per heavy atom. The SMILES string of the molecule is CCCCC/C=C/Oc1ccc(CN=CNO)cc1. The van der Waals surface area contributed by atoms with Crippen LogP contribution >= 0.6 is 0 Å². The van der Waals surface area contributed by atoms with E-state index in [1.807, 2.05) is 29.7 Å². The monoisotopic (exact) mass is 262 g/mol. The van der Waals surface area contributed by atoms with E-state index >= 15 is 0 Å². The molecule has 0 aliphatic carbocycles. The number of hydroxylamine groups is 1. The Labute approximate surface area is 114 Å². The molecular formula is C15H22N2O2. The first-order valence-corrected chi connectivity index (χ1v) is 6.65. The van der Waals surface area contributed by atoms with Crippen LogP contribution in [0.5, 0.6) is 5.75 Å². The molecule has 0 amide bonds. The van der Waals surface area contributed by atoms with Crippen molar-refractivity contribution >= 4 is 6.34 Å². The molecule has 0 aromatic heterocycles. The Balaban J connectivity index is 2.29. The van der Waals surface area contributed by atoms with Gasteiger partial charge in [-0.15, -0.1) is 0 Å². The summed E-state index contributed by atoms with van der Waals surface area (Å²) in [6.45, 7) is 2.73. The number of allylic oxidation sites excluding steroid dienone is 1. The Morgan fingerprint density at radius 2 is 2.05 bits per heavy atom. The van der Waals surface area contributed by atoms with E-state index in [1.54, 1.807) is 6.26 Å². The van der Waals surface area contributed by atoms with Crippen molar-refractivity contribution in [2.45, 2.75) is 39.2 Å². The Kier molecular flexibility index (Phi) is 8.14. The van der Waals surface area contributed by atoms with E-state index in [1.165, 1.54) is 25.6 Å². The van der Waals surface area contributed by atoms with E-state index in [-0.39, 0.29) is 0 Å². The number of hydrogen-bond acceptors (Lipinski definition) is 3. The first-order valence-electron chi connectivity index (χ1n) is 6.65. The number of nitrogens with zero attached hydrogens (tertiary/aromatic N) is 1. The highest BCUT2D eigenvalue weighted by atomic mass is 16.5. The van der Waals surface area contributed by atoms with Gasteiger partial charge < -0.3 is 4.74 Å². The minimum absolute atomic E-state index is 0.528. The average molecular weight is 262 g/mol. The van der Waals surface area contributed by atoms with Gasteiger partial charge in [-0.3, -0.25) is 15.7 Å². The first kappa shape index (κ1) is 15.2. The number of ether oxygens (including phenoxy) is 1. The predicted octanol–water partition coefficient (Wildman–Crippen LogP) is 3.67. The molecule has 1 aromatic carbocycles. The fourth-order valence-corrected chi connectivity index (χ4v) is 1.57. The van der Waals surface area contributed by atoms with Gasteiger partial charge >= 0.3 is 0 Å². The normalized spacial score (nSPS) is 11.3. The summed E-state index contributed by atoms with van der Waals surface area (Å²) >= 11 is 0. The van der Waals surface area contributed by atoms with Gasteiger partial charge in [0.15, 0.2) is 0 Å². The van der Waals surface area contributed by atoms with Gasteiger partial charge in [0, 0.05) is 0 Å². The van der Waals surface area contributed by atoms with Gasteiger partial charge in [-0.05, 0) is 36.6 Å². The zero-order valence-electron chi connectivity index (χ0n) is 11.4. The summed E-state index contributed by atoms with van der Waals surface area (Å²) in [6.07, 6.45) is 9.84. The van der Waals surface area contributed by atoms with Crippen LogP contribution in [0.1, 0.15) is 38.2 Å². The van der Waals surface area contributed by atoms with Gasteiger partial charge in [0.05, 0.1) is 12.8 Å². The summed E-state index contributed by atoms with van der Waals surface area (Å²) in [5, 5.41) is 8.34. The molecule has 0 saturated heterocycles. The maximum absolute atomic E-state index is 8.34. The number of aliphatic imine (C=N–C) groups is 1. The first-order chi connectivity index (χ1) is 9.36. The molecule has 4 nitrogen and oxygen atoms in total. The molecule has 104 valence electrons. The summed E-state index contributed by atoms with van der Waals surface area (Å²) in [6, 6.07) is 7.73. The van der Waals surface area contributed by atoms with E-state index in [0.29, 0.717) is 6.54 Å². The quantitative estimate of drug-likeness (QED) is 0.235. The van der Waals surface area contributed by atoms with Gasteiger partial charge in [-0.2, -0.15) is 0 Å². The summed E-state index contributed by atoms with van der Waals surface area (Å²) in [5.41, 5.74) is 2.93. The Hall–Kier alpha value is -1.81. The van der Waals surface area contributed by atoms with E-state index in [2.05, 4.69) is 18.0 Å². The average Bonchev–Trinajstić information content (AvgIpc) is 2.44. The molecule has 0 heterocycles. The van der Waals surface area contributed by atoms with Crippen molar-refractivity contribution in [1.29, 1.82) is 0 Å². The highest BCUT2D eigenvalue weighted by Gasteiger charge is 1.93. The Morgan fingerprint density at radius 3 is 2.74 bits per heavy atom. The maximum atomic E-state index is 8.34. The third-order valence-electron chi connectivity index (χ3n) is 2.62. The van der Waals surface area contributed by atoms with Crippen molar-refractivity contribution in [2.75, 3.05) is 0 Å². The summed E-state index contributed by atoms with van der Waals surface area (Å²) in [5.74, 6) is 0.819. The number of rotatable bonds is 9. The minimum Gasteiger partial charge on any atom is -0.465 e. The lowest BCUT2D eigenvalue weighted by atomic mass is 10.2. The lowest BCUT2D eigenvalue weighted by Gasteiger charge is -2.01. The van der Waals surface area contributed by atoms with Crippen LogP contribution in [0.15, 0.2) is 41.6 Å². The van der Waals surface area contributed by atoms with Crippen LogP contribution in [-0.4, -0.2) is 11.5 Å². The van der Waals surface area contributed by atoms with Crippen molar-refractivity contribution in [3.05, 3.63) is 42.2 Å². The predicted molar refractivity (Wildman–Crippen MR) is 77.5 cm³/mol. The van der Waals surface area contributed by atoms with Gasteiger partial charge in [-0.25, -0.2) is 0 Å². The molecule has 1 aromatic rings. The van der Waals surface area contributed by atoms with Crippen LogP contribution in [-0.2, 0) is 6.54 Å². The molecule has 0 atom stereocenters. The maximum Gasteiger partial charge on any atom is 0.126 e. The number of hydrogen-bond donors (Lipinski definition) is 2. The molecule has 0 aliphatic heterocycles. The van der Waals surface area contributed by atoms with Crippen LogP contribution in [0.4, 0.5) is 0 Å². The van der Waals surface area contributed by atoms with Crippen LogP contribution in [0.3, 0.4) is 0 Å². The summed E-state index contributed by atoms with van der Waals surface area (Å²) in [4.78, 5) is 3.95. The lowest BCUT2D eigenvalue weighted by molar-refractivity contribution is 0.239. The van der Waals surface area contributed by atoms with Gasteiger partial charge in [0.1, 0.15) is 12.1 Å². The zero-order valence-corrected chi connectivity index (χ0v) is 11.4. The number of unbranched alkanes of at least 4 members (excludes halogenated alkanes) is 3. The fraction of sp³-hybridized carbons (Fsp3) is 0.400. The molecule has 0 bridgehead atoms. The summed E-state index contributed by atoms with van der Waals surface area (Å²) in [7, 11) is 0. The molecule has 0 unspecified atom stereocenters. The molecule has 2 N–H and O–H groups in total. The van der Waals surface area contributed by atoms with E-state index in [0.717, 1.165) is 17.7 Å². The topological polar surface area (TPSA) is 53.8 Å². The van der Waals surface area contributed by atoms with Gasteiger partial charge in [0.25, 0.3) is 0 Å². The molecular weight excluding hydrogens is 240 g/mol. The smallest absolute Gasteiger partial charge is 0.126 e. The third-order valence-corrected chi connectivity index (χ3v) is 2.62. The molecule has 0 radical (unpaired) electrons. The van der Waals surface area contributed by atoms with Crippen molar-refractivity contribution in [2.24, 2.45) is 4.99 Å². The van der Waals surface area contributed by atoms with E-state index in [9.17, 15) is 0 Å². The lowest BCUT2D eigenvalue weighted by Crippen LogP contribution is -2.01. The molecule has 0 aliphatic rings. The van der Waals surface area contributed by atoms with Crippen LogP contribution < -0.4 is 10.2 Å². The molecule has 4 heteroatoms. The minimum atomic E-state index is 0.528. The van der Waals surface area contributed by atoms with Crippen molar-refractivity contribution < 1.29 is 9.94 Å². The largest absolute Gasteiger partial charge is 0.465 e. The van der Waals surface area contributed by atoms with Crippen molar-refractivity contribution in [3.63, 3.8) is 0 Å². The molecule has 0 saturated carbocycles. The number of benzene rings is 1. The molecule has 0 fully saturated rings. The van der Waals surface area contributed by atoms with E-state index < -0.39 is 0 Å². The third kappa shape index (κ3) is 7.26. The molecule has 1 rings (SSSR count). The van der Waals surface area contributed by atoms with Crippen LogP contribution in [0.25, 0.3) is 0 Å². The highest BCUT2D eigenvalue weighted by Crippen LogP contribution is 2.13.